The van der Waals surface area contributed by atoms with Gasteiger partial charge in [0.15, 0.2) is 5.16 Å². The van der Waals surface area contributed by atoms with Gasteiger partial charge in [0.05, 0.1) is 22.0 Å². The minimum Gasteiger partial charge on any atom is -0.324 e. The summed E-state index contributed by atoms with van der Waals surface area (Å²) in [5.41, 5.74) is 1.22. The zero-order valence-corrected chi connectivity index (χ0v) is 17.5. The molecule has 1 N–H and O–H groups in total. The van der Waals surface area contributed by atoms with Crippen LogP contribution in [-0.2, 0) is 11.3 Å². The Bertz CT molecular complexity index is 1010. The van der Waals surface area contributed by atoms with Crippen LogP contribution in [0.3, 0.4) is 0 Å². The molecule has 0 atom stereocenters. The maximum absolute atomic E-state index is 12.8. The minimum atomic E-state index is -0.192. The number of hydrogen-bond acceptors (Lipinski definition) is 5. The van der Waals surface area contributed by atoms with Crippen LogP contribution in [0.2, 0.25) is 5.02 Å². The average Bonchev–Trinajstić information content (AvgIpc) is 3.10. The van der Waals surface area contributed by atoms with Crippen molar-refractivity contribution < 1.29 is 4.79 Å². The van der Waals surface area contributed by atoms with E-state index in [4.69, 9.17) is 11.6 Å². The maximum Gasteiger partial charge on any atom is 0.272 e. The van der Waals surface area contributed by atoms with Crippen molar-refractivity contribution in [1.82, 2.24) is 9.55 Å². The highest BCUT2D eigenvalue weighted by Crippen LogP contribution is 2.23. The molecule has 8 heteroatoms. The molecular weight excluding hydrogens is 402 g/mol. The van der Waals surface area contributed by atoms with Gasteiger partial charge in [-0.2, -0.15) is 0 Å². The van der Waals surface area contributed by atoms with Gasteiger partial charge in [0.1, 0.15) is 4.70 Å². The lowest BCUT2D eigenvalue weighted by atomic mass is 10.1. The Morgan fingerprint density at radius 2 is 2.11 bits per heavy atom. The molecule has 0 bridgehead atoms. The number of thiophene rings is 1. The number of thioether (sulfide) groups is 1. The highest BCUT2D eigenvalue weighted by molar-refractivity contribution is 7.99. The third-order valence-corrected chi connectivity index (χ3v) is 6.14. The molecule has 1 aromatic carbocycles. The molecule has 5 nitrogen and oxygen atoms in total. The molecule has 1 amide bonds. The highest BCUT2D eigenvalue weighted by Gasteiger charge is 2.15. The van der Waals surface area contributed by atoms with Crippen molar-refractivity contribution in [1.29, 1.82) is 0 Å². The first-order valence-electron chi connectivity index (χ1n) is 8.61. The third-order valence-electron chi connectivity index (χ3n) is 3.94. The normalized spacial score (nSPS) is 11.3. The average molecular weight is 422 g/mol. The number of nitrogens with zero attached hydrogens (tertiary/aromatic N) is 2. The summed E-state index contributed by atoms with van der Waals surface area (Å²) >= 11 is 8.74. The number of rotatable bonds is 7. The number of fused-ring (bicyclic) bond motifs is 1. The number of anilines is 1. The second-order valence-corrected chi connectivity index (χ2v) is 8.75. The summed E-state index contributed by atoms with van der Waals surface area (Å²) in [4.78, 5) is 29.7. The van der Waals surface area contributed by atoms with E-state index >= 15 is 0 Å². The topological polar surface area (TPSA) is 64.0 Å². The van der Waals surface area contributed by atoms with Gasteiger partial charge in [-0.25, -0.2) is 4.98 Å². The van der Waals surface area contributed by atoms with Gasteiger partial charge >= 0.3 is 0 Å². The number of nitrogens with one attached hydrogen (secondary N) is 1. The number of halogens is 1. The van der Waals surface area contributed by atoms with Crippen molar-refractivity contribution in [2.24, 2.45) is 5.92 Å². The van der Waals surface area contributed by atoms with E-state index in [9.17, 15) is 9.59 Å². The van der Waals surface area contributed by atoms with Gasteiger partial charge in [-0.1, -0.05) is 49.3 Å². The van der Waals surface area contributed by atoms with Gasteiger partial charge in [0.2, 0.25) is 5.91 Å². The van der Waals surface area contributed by atoms with Gasteiger partial charge in [0, 0.05) is 6.54 Å². The second kappa shape index (κ2) is 8.91. The smallest absolute Gasteiger partial charge is 0.272 e. The molecule has 2 aromatic heterocycles. The van der Waals surface area contributed by atoms with E-state index in [1.807, 2.05) is 17.5 Å². The van der Waals surface area contributed by atoms with E-state index in [1.54, 1.807) is 22.8 Å². The predicted octanol–water partition coefficient (Wildman–Crippen LogP) is 4.89. The molecule has 3 aromatic rings. The van der Waals surface area contributed by atoms with Crippen molar-refractivity contribution in [2.45, 2.75) is 32.0 Å². The Morgan fingerprint density at radius 1 is 1.33 bits per heavy atom. The monoisotopic (exact) mass is 421 g/mol. The van der Waals surface area contributed by atoms with Crippen LogP contribution in [0.5, 0.6) is 0 Å². The first-order valence-corrected chi connectivity index (χ1v) is 10.8. The van der Waals surface area contributed by atoms with Gasteiger partial charge in [-0.05, 0) is 35.9 Å². The van der Waals surface area contributed by atoms with E-state index in [-0.39, 0.29) is 17.2 Å². The summed E-state index contributed by atoms with van der Waals surface area (Å²) in [5.74, 6) is 0.426. The molecule has 0 spiro atoms. The first-order chi connectivity index (χ1) is 13.0. The fourth-order valence-electron chi connectivity index (χ4n) is 2.50. The zero-order valence-electron chi connectivity index (χ0n) is 15.1. The highest BCUT2D eigenvalue weighted by atomic mass is 35.5. The fourth-order valence-corrected chi connectivity index (χ4v) is 4.28. The van der Waals surface area contributed by atoms with Crippen molar-refractivity contribution in [3.05, 3.63) is 51.1 Å². The number of para-hydroxylation sites is 1. The third kappa shape index (κ3) is 4.91. The Kier molecular flexibility index (Phi) is 6.57. The fraction of sp³-hybridized carbons (Fsp3) is 0.316. The van der Waals surface area contributed by atoms with Gasteiger partial charge in [-0.3, -0.25) is 14.2 Å². The Balaban J connectivity index is 1.78. The number of carbonyl (C=O) groups is 1. The number of hydrogen-bond donors (Lipinski definition) is 1. The molecule has 27 heavy (non-hydrogen) atoms. The van der Waals surface area contributed by atoms with E-state index < -0.39 is 0 Å². The van der Waals surface area contributed by atoms with Gasteiger partial charge in [0.25, 0.3) is 5.56 Å². The van der Waals surface area contributed by atoms with Gasteiger partial charge in [-0.15, -0.1) is 11.3 Å². The van der Waals surface area contributed by atoms with Gasteiger partial charge < -0.3 is 5.32 Å². The van der Waals surface area contributed by atoms with Crippen molar-refractivity contribution in [3.8, 4) is 0 Å². The van der Waals surface area contributed by atoms with E-state index in [2.05, 4.69) is 24.1 Å². The zero-order chi connectivity index (χ0) is 19.4. The van der Waals surface area contributed by atoms with Crippen LogP contribution < -0.4 is 10.9 Å². The van der Waals surface area contributed by atoms with Crippen LogP contribution in [0.15, 0.2) is 45.7 Å². The molecule has 0 unspecified atom stereocenters. The first kappa shape index (κ1) is 19.9. The van der Waals surface area contributed by atoms with Crippen LogP contribution >= 0.6 is 34.7 Å². The Morgan fingerprint density at radius 3 is 2.85 bits per heavy atom. The van der Waals surface area contributed by atoms with Crippen LogP contribution in [0, 0.1) is 5.92 Å². The van der Waals surface area contributed by atoms with Crippen LogP contribution in [0.25, 0.3) is 10.2 Å². The van der Waals surface area contributed by atoms with Crippen molar-refractivity contribution in [3.63, 3.8) is 0 Å². The molecule has 142 valence electrons. The van der Waals surface area contributed by atoms with E-state index in [0.29, 0.717) is 38.5 Å². The van der Waals surface area contributed by atoms with E-state index in [0.717, 1.165) is 6.42 Å². The lowest BCUT2D eigenvalue weighted by Crippen LogP contribution is -2.24. The molecule has 0 saturated carbocycles. The molecule has 0 radical (unpaired) electrons. The van der Waals surface area contributed by atoms with Crippen LogP contribution in [0.4, 0.5) is 5.69 Å². The number of amides is 1. The molecule has 0 saturated heterocycles. The molecule has 0 aliphatic heterocycles. The lowest BCUT2D eigenvalue weighted by molar-refractivity contribution is -0.113. The molecular formula is C19H20ClN3O2S2. The minimum absolute atomic E-state index is 0.0374. The predicted molar refractivity (Wildman–Crippen MR) is 114 cm³/mol. The summed E-state index contributed by atoms with van der Waals surface area (Å²) in [7, 11) is 0. The molecule has 0 fully saturated rings. The quantitative estimate of drug-likeness (QED) is 0.435. The summed E-state index contributed by atoms with van der Waals surface area (Å²) in [5, 5.41) is 5.72. The van der Waals surface area contributed by atoms with Crippen molar-refractivity contribution in [2.75, 3.05) is 11.1 Å². The standard InChI is InChI=1S/C19H20ClN3O2S2/c1-12(2)7-9-23-18(25)17-15(8-10-26-17)22-19(23)27-11-16(24)21-14-6-4-3-5-13(14)20/h3-6,8,10,12H,7,9,11H2,1-2H3,(H,21,24). The SMILES string of the molecule is CC(C)CCn1c(SCC(=O)Nc2ccccc2Cl)nc2ccsc2c1=O. The second-order valence-electron chi connectivity index (χ2n) is 6.49. The molecule has 0 aliphatic rings. The maximum atomic E-state index is 12.8. The summed E-state index contributed by atoms with van der Waals surface area (Å²) in [6, 6.07) is 8.92. The van der Waals surface area contributed by atoms with Crippen LogP contribution in [0.1, 0.15) is 20.3 Å². The Labute approximate surface area is 170 Å². The molecule has 0 aliphatic carbocycles. The largest absolute Gasteiger partial charge is 0.324 e. The Hall–Kier alpha value is -1.83. The summed E-state index contributed by atoms with van der Waals surface area (Å²) in [6.45, 7) is 4.82. The number of benzene rings is 1. The molecule has 2 heterocycles. The summed E-state index contributed by atoms with van der Waals surface area (Å²) < 4.78 is 2.34. The van der Waals surface area contributed by atoms with E-state index in [1.165, 1.54) is 23.1 Å². The lowest BCUT2D eigenvalue weighted by Gasteiger charge is -2.13. The van der Waals surface area contributed by atoms with Crippen LogP contribution in [-0.4, -0.2) is 21.2 Å². The molecule has 3 rings (SSSR count). The van der Waals surface area contributed by atoms with Crippen molar-refractivity contribution >= 4 is 56.5 Å². The number of carbonyl (C=O) groups excluding carboxylic acids is 1. The summed E-state index contributed by atoms with van der Waals surface area (Å²) in [6.07, 6.45) is 0.873. The number of aromatic nitrogens is 2.